The van der Waals surface area contributed by atoms with E-state index in [9.17, 15) is 0 Å². The van der Waals surface area contributed by atoms with Crippen molar-refractivity contribution in [2.75, 3.05) is 13.2 Å². The number of hydrogen-bond donors (Lipinski definition) is 0. The number of nitrogens with zero attached hydrogens (tertiary/aromatic N) is 1. The molecule has 0 amide bonds. The summed E-state index contributed by atoms with van der Waals surface area (Å²) in [7, 11) is 0. The maximum atomic E-state index is 6.25. The van der Waals surface area contributed by atoms with E-state index in [1.165, 1.54) is 0 Å². The molecule has 0 aliphatic carbocycles. The first-order valence-corrected chi connectivity index (χ1v) is 8.89. The molecule has 0 aliphatic heterocycles. The lowest BCUT2D eigenvalue weighted by atomic mass is 10.1. The highest BCUT2D eigenvalue weighted by atomic mass is 35.5. The van der Waals surface area contributed by atoms with Gasteiger partial charge in [0.05, 0.1) is 18.2 Å². The molecule has 0 aliphatic rings. The highest BCUT2D eigenvalue weighted by Crippen LogP contribution is 2.30. The van der Waals surface area contributed by atoms with E-state index in [2.05, 4.69) is 11.1 Å². The van der Waals surface area contributed by atoms with Crippen LogP contribution in [-0.4, -0.2) is 18.2 Å². The number of halogens is 1. The van der Waals surface area contributed by atoms with E-state index in [4.69, 9.17) is 21.1 Å². The molecule has 3 nitrogen and oxygen atoms in total. The van der Waals surface area contributed by atoms with Crippen LogP contribution in [0.5, 0.6) is 11.5 Å². The van der Waals surface area contributed by atoms with Crippen molar-refractivity contribution in [1.29, 1.82) is 0 Å². The standard InChI is InChI=1S/C21H22ClNO2/c1-15-13-16(2)21(18(22)14-15)25-12-4-3-11-24-19-9-5-7-17-8-6-10-23-20(17)19/h5-10,13-14H,3-4,11-12H2,1-2H3. The molecule has 3 rings (SSSR count). The first-order valence-electron chi connectivity index (χ1n) is 8.51. The van der Waals surface area contributed by atoms with Gasteiger partial charge in [-0.1, -0.05) is 35.9 Å². The minimum absolute atomic E-state index is 0.626. The molecule has 0 unspecified atom stereocenters. The Kier molecular flexibility index (Phi) is 5.77. The molecule has 0 N–H and O–H groups in total. The summed E-state index contributed by atoms with van der Waals surface area (Å²) >= 11 is 6.25. The van der Waals surface area contributed by atoms with Gasteiger partial charge >= 0.3 is 0 Å². The van der Waals surface area contributed by atoms with Crippen LogP contribution in [-0.2, 0) is 0 Å². The fraction of sp³-hybridized carbons (Fsp3) is 0.286. The predicted molar refractivity (Wildman–Crippen MR) is 103 cm³/mol. The van der Waals surface area contributed by atoms with Crippen LogP contribution in [0.15, 0.2) is 48.7 Å². The van der Waals surface area contributed by atoms with Crippen molar-refractivity contribution < 1.29 is 9.47 Å². The van der Waals surface area contributed by atoms with Gasteiger partial charge in [0, 0.05) is 11.6 Å². The first-order chi connectivity index (χ1) is 12.1. The van der Waals surface area contributed by atoms with Gasteiger partial charge in [-0.25, -0.2) is 0 Å². The summed E-state index contributed by atoms with van der Waals surface area (Å²) in [5.74, 6) is 1.61. The summed E-state index contributed by atoms with van der Waals surface area (Å²) in [5, 5.41) is 1.77. The van der Waals surface area contributed by atoms with Crippen LogP contribution in [0, 0.1) is 13.8 Å². The quantitative estimate of drug-likeness (QED) is 0.506. The van der Waals surface area contributed by atoms with Crippen LogP contribution in [0.25, 0.3) is 10.9 Å². The number of pyridine rings is 1. The number of fused-ring (bicyclic) bond motifs is 1. The van der Waals surface area contributed by atoms with E-state index in [0.717, 1.165) is 46.4 Å². The van der Waals surface area contributed by atoms with E-state index < -0.39 is 0 Å². The zero-order chi connectivity index (χ0) is 17.6. The zero-order valence-electron chi connectivity index (χ0n) is 14.6. The Hall–Kier alpha value is -2.26. The summed E-state index contributed by atoms with van der Waals surface area (Å²) in [6, 6.07) is 14.0. The van der Waals surface area contributed by atoms with Gasteiger partial charge in [0.1, 0.15) is 17.0 Å². The number of benzene rings is 2. The van der Waals surface area contributed by atoms with E-state index in [1.807, 2.05) is 50.2 Å². The van der Waals surface area contributed by atoms with Crippen LogP contribution in [0.3, 0.4) is 0 Å². The molecule has 0 atom stereocenters. The van der Waals surface area contributed by atoms with Crippen molar-refractivity contribution in [3.05, 3.63) is 64.8 Å². The fourth-order valence-electron chi connectivity index (χ4n) is 2.84. The average Bonchev–Trinajstić information content (AvgIpc) is 2.59. The minimum Gasteiger partial charge on any atom is -0.492 e. The second kappa shape index (κ2) is 8.21. The second-order valence-corrected chi connectivity index (χ2v) is 6.54. The van der Waals surface area contributed by atoms with Crippen molar-refractivity contribution in [3.8, 4) is 11.5 Å². The highest BCUT2D eigenvalue weighted by Gasteiger charge is 2.07. The van der Waals surface area contributed by atoms with Crippen molar-refractivity contribution >= 4 is 22.5 Å². The lowest BCUT2D eigenvalue weighted by Gasteiger charge is -2.12. The van der Waals surface area contributed by atoms with Crippen molar-refractivity contribution in [1.82, 2.24) is 4.98 Å². The van der Waals surface area contributed by atoms with E-state index in [-0.39, 0.29) is 0 Å². The van der Waals surface area contributed by atoms with E-state index in [0.29, 0.717) is 18.2 Å². The van der Waals surface area contributed by atoms with Gasteiger partial charge < -0.3 is 9.47 Å². The molecule has 0 bridgehead atoms. The van der Waals surface area contributed by atoms with Gasteiger partial charge in [0.25, 0.3) is 0 Å². The Morgan fingerprint density at radius 2 is 1.72 bits per heavy atom. The Bertz CT molecular complexity index is 835. The first kappa shape index (κ1) is 17.6. The molecular formula is C21H22ClNO2. The summed E-state index contributed by atoms with van der Waals surface area (Å²) in [6.07, 6.45) is 3.60. The summed E-state index contributed by atoms with van der Waals surface area (Å²) in [4.78, 5) is 4.40. The van der Waals surface area contributed by atoms with Crippen molar-refractivity contribution in [2.24, 2.45) is 0 Å². The third kappa shape index (κ3) is 4.43. The number of unbranched alkanes of at least 4 members (excludes halogenated alkanes) is 1. The topological polar surface area (TPSA) is 31.4 Å². The molecular weight excluding hydrogens is 334 g/mol. The summed E-state index contributed by atoms with van der Waals surface area (Å²) in [6.45, 7) is 5.31. The van der Waals surface area contributed by atoms with Crippen molar-refractivity contribution in [2.45, 2.75) is 26.7 Å². The van der Waals surface area contributed by atoms with E-state index in [1.54, 1.807) is 6.20 Å². The lowest BCUT2D eigenvalue weighted by Crippen LogP contribution is -2.04. The second-order valence-electron chi connectivity index (χ2n) is 6.13. The van der Waals surface area contributed by atoms with Gasteiger partial charge in [0.2, 0.25) is 0 Å². The molecule has 3 aromatic rings. The predicted octanol–water partition coefficient (Wildman–Crippen LogP) is 5.74. The van der Waals surface area contributed by atoms with Gasteiger partial charge in [-0.2, -0.15) is 0 Å². The van der Waals surface area contributed by atoms with Gasteiger partial charge in [0.15, 0.2) is 0 Å². The molecule has 0 saturated heterocycles. The number of para-hydroxylation sites is 1. The SMILES string of the molecule is Cc1cc(C)c(OCCCCOc2cccc3cccnc23)c(Cl)c1. The number of ether oxygens (including phenoxy) is 2. The Labute approximate surface area is 153 Å². The molecule has 0 saturated carbocycles. The highest BCUT2D eigenvalue weighted by molar-refractivity contribution is 6.32. The largest absolute Gasteiger partial charge is 0.492 e. The van der Waals surface area contributed by atoms with Crippen LogP contribution in [0.2, 0.25) is 5.02 Å². The number of rotatable bonds is 7. The maximum Gasteiger partial charge on any atom is 0.145 e. The molecule has 130 valence electrons. The number of aryl methyl sites for hydroxylation is 2. The van der Waals surface area contributed by atoms with Gasteiger partial charge in [-0.3, -0.25) is 4.98 Å². The fourth-order valence-corrected chi connectivity index (χ4v) is 3.21. The zero-order valence-corrected chi connectivity index (χ0v) is 15.3. The molecule has 1 aromatic heterocycles. The molecule has 2 aromatic carbocycles. The Morgan fingerprint density at radius 1 is 0.960 bits per heavy atom. The van der Waals surface area contributed by atoms with Gasteiger partial charge in [-0.15, -0.1) is 0 Å². The van der Waals surface area contributed by atoms with Crippen LogP contribution >= 0.6 is 11.6 Å². The average molecular weight is 356 g/mol. The van der Waals surface area contributed by atoms with Crippen LogP contribution in [0.1, 0.15) is 24.0 Å². The molecule has 25 heavy (non-hydrogen) atoms. The summed E-state index contributed by atoms with van der Waals surface area (Å²) in [5.41, 5.74) is 3.12. The molecule has 0 radical (unpaired) electrons. The minimum atomic E-state index is 0.626. The Morgan fingerprint density at radius 3 is 2.52 bits per heavy atom. The maximum absolute atomic E-state index is 6.25. The lowest BCUT2D eigenvalue weighted by molar-refractivity contribution is 0.267. The number of aromatic nitrogens is 1. The Balaban J connectivity index is 1.46. The monoisotopic (exact) mass is 355 g/mol. The molecule has 1 heterocycles. The molecule has 0 spiro atoms. The van der Waals surface area contributed by atoms with Crippen molar-refractivity contribution in [3.63, 3.8) is 0 Å². The van der Waals surface area contributed by atoms with Gasteiger partial charge in [-0.05, 0) is 56.0 Å². The van der Waals surface area contributed by atoms with Crippen LogP contribution in [0.4, 0.5) is 0 Å². The summed E-state index contributed by atoms with van der Waals surface area (Å²) < 4.78 is 11.7. The smallest absolute Gasteiger partial charge is 0.145 e. The molecule has 0 fully saturated rings. The van der Waals surface area contributed by atoms with E-state index >= 15 is 0 Å². The number of hydrogen-bond acceptors (Lipinski definition) is 3. The third-order valence-corrected chi connectivity index (χ3v) is 4.29. The molecule has 4 heteroatoms. The third-order valence-electron chi connectivity index (χ3n) is 4.01. The van der Waals surface area contributed by atoms with Crippen LogP contribution < -0.4 is 9.47 Å². The normalized spacial score (nSPS) is 10.8.